The second kappa shape index (κ2) is 7.33. The average Bonchev–Trinajstić information content (AvgIpc) is 2.89. The fourth-order valence-corrected chi connectivity index (χ4v) is 2.72. The molecule has 114 valence electrons. The van der Waals surface area contributed by atoms with E-state index >= 15 is 0 Å². The van der Waals surface area contributed by atoms with Gasteiger partial charge in [-0.25, -0.2) is 4.98 Å². The molecule has 0 bridgehead atoms. The summed E-state index contributed by atoms with van der Waals surface area (Å²) in [6.07, 6.45) is 1.79. The summed E-state index contributed by atoms with van der Waals surface area (Å²) in [6.45, 7) is 0.0130. The van der Waals surface area contributed by atoms with Crippen molar-refractivity contribution < 1.29 is 18.3 Å². The van der Waals surface area contributed by atoms with Gasteiger partial charge in [0, 0.05) is 23.2 Å². The van der Waals surface area contributed by atoms with Crippen molar-refractivity contribution in [2.75, 3.05) is 13.7 Å². The Morgan fingerprint density at radius 2 is 2.14 bits per heavy atom. The van der Waals surface area contributed by atoms with Crippen molar-refractivity contribution in [3.8, 4) is 22.1 Å². The number of rotatable bonds is 7. The Kier molecular flexibility index (Phi) is 5.46. The van der Waals surface area contributed by atoms with Gasteiger partial charge in [-0.15, -0.1) is 11.3 Å². The average molecular weight is 314 g/mol. The van der Waals surface area contributed by atoms with Crippen LogP contribution in [0.5, 0.6) is 11.5 Å². The van der Waals surface area contributed by atoms with Gasteiger partial charge in [-0.2, -0.15) is 8.78 Å². The molecule has 2 rings (SSSR count). The molecular formula is C14H16F2N2O2S. The summed E-state index contributed by atoms with van der Waals surface area (Å²) in [5, 5.41) is 3.86. The molecule has 1 N–H and O–H groups in total. The Hall–Kier alpha value is -1.73. The third kappa shape index (κ3) is 4.12. The second-order valence-corrected chi connectivity index (χ2v) is 5.25. The highest BCUT2D eigenvalue weighted by atomic mass is 32.1. The maximum Gasteiger partial charge on any atom is 0.387 e. The molecule has 0 aliphatic carbocycles. The first-order valence-electron chi connectivity index (χ1n) is 6.45. The summed E-state index contributed by atoms with van der Waals surface area (Å²) in [6, 6.07) is 4.84. The number of nitrogens with zero attached hydrogens (tertiary/aromatic N) is 1. The summed E-state index contributed by atoms with van der Waals surface area (Å²) in [7, 11) is 1.86. The topological polar surface area (TPSA) is 43.4 Å². The van der Waals surface area contributed by atoms with Crippen molar-refractivity contribution in [3.63, 3.8) is 0 Å². The van der Waals surface area contributed by atoms with E-state index < -0.39 is 6.61 Å². The molecule has 1 heterocycles. The van der Waals surface area contributed by atoms with Crippen molar-refractivity contribution in [1.29, 1.82) is 0 Å². The molecule has 0 saturated heterocycles. The smallest absolute Gasteiger partial charge is 0.387 e. The van der Waals surface area contributed by atoms with Crippen LogP contribution in [0.25, 0.3) is 10.6 Å². The quantitative estimate of drug-likeness (QED) is 0.849. The van der Waals surface area contributed by atoms with E-state index in [1.807, 2.05) is 7.05 Å². The normalized spacial score (nSPS) is 10.9. The SMILES string of the molecule is CCOc1cc(-c2ncc(CNC)s2)ccc1OC(F)F. The number of benzene rings is 1. The fraction of sp³-hybridized carbons (Fsp3) is 0.357. The van der Waals surface area contributed by atoms with Gasteiger partial charge in [-0.1, -0.05) is 0 Å². The van der Waals surface area contributed by atoms with Gasteiger partial charge < -0.3 is 14.8 Å². The summed E-state index contributed by atoms with van der Waals surface area (Å²) >= 11 is 1.54. The van der Waals surface area contributed by atoms with Gasteiger partial charge in [0.1, 0.15) is 5.01 Å². The Morgan fingerprint density at radius 3 is 2.81 bits per heavy atom. The van der Waals surface area contributed by atoms with Crippen LogP contribution in [0, 0.1) is 0 Å². The van der Waals surface area contributed by atoms with Crippen LogP contribution in [0.15, 0.2) is 24.4 Å². The molecule has 0 spiro atoms. The van der Waals surface area contributed by atoms with Crippen LogP contribution < -0.4 is 14.8 Å². The van der Waals surface area contributed by atoms with E-state index in [4.69, 9.17) is 4.74 Å². The molecule has 0 amide bonds. The largest absolute Gasteiger partial charge is 0.490 e. The molecule has 0 aliphatic rings. The van der Waals surface area contributed by atoms with E-state index in [0.29, 0.717) is 12.4 Å². The van der Waals surface area contributed by atoms with Crippen molar-refractivity contribution in [2.24, 2.45) is 0 Å². The lowest BCUT2D eigenvalue weighted by Gasteiger charge is -2.12. The number of aromatic nitrogens is 1. The molecule has 0 unspecified atom stereocenters. The van der Waals surface area contributed by atoms with Crippen LogP contribution in [0.2, 0.25) is 0 Å². The standard InChI is InChI=1S/C14H16F2N2O2S/c1-3-19-12-6-9(4-5-11(12)20-14(15)16)13-18-8-10(21-13)7-17-2/h4-6,8,14,17H,3,7H2,1-2H3. The number of thiazole rings is 1. The third-order valence-electron chi connectivity index (χ3n) is 2.61. The van der Waals surface area contributed by atoms with Gasteiger partial charge in [0.2, 0.25) is 0 Å². The molecule has 2 aromatic rings. The summed E-state index contributed by atoms with van der Waals surface area (Å²) in [4.78, 5) is 5.43. The van der Waals surface area contributed by atoms with Gasteiger partial charge in [-0.3, -0.25) is 0 Å². The molecule has 1 aromatic carbocycles. The van der Waals surface area contributed by atoms with E-state index in [1.165, 1.54) is 17.4 Å². The van der Waals surface area contributed by atoms with Crippen molar-refractivity contribution in [2.45, 2.75) is 20.1 Å². The predicted octanol–water partition coefficient (Wildman–Crippen LogP) is 3.53. The molecule has 0 radical (unpaired) electrons. The molecule has 1 aromatic heterocycles. The molecule has 4 nitrogen and oxygen atoms in total. The van der Waals surface area contributed by atoms with Crippen LogP contribution in [0.4, 0.5) is 8.78 Å². The molecule has 0 saturated carbocycles. The minimum atomic E-state index is -2.88. The van der Waals surface area contributed by atoms with Crippen molar-refractivity contribution >= 4 is 11.3 Å². The Morgan fingerprint density at radius 1 is 1.33 bits per heavy atom. The second-order valence-electron chi connectivity index (χ2n) is 4.14. The molecule has 0 fully saturated rings. The molecule has 0 atom stereocenters. The highest BCUT2D eigenvalue weighted by Gasteiger charge is 2.13. The number of hydrogen-bond acceptors (Lipinski definition) is 5. The Balaban J connectivity index is 2.29. The highest BCUT2D eigenvalue weighted by Crippen LogP contribution is 2.35. The fourth-order valence-electron chi connectivity index (χ4n) is 1.80. The molecule has 21 heavy (non-hydrogen) atoms. The molecular weight excluding hydrogens is 298 g/mol. The van der Waals surface area contributed by atoms with Crippen LogP contribution in [0.3, 0.4) is 0 Å². The lowest BCUT2D eigenvalue weighted by atomic mass is 10.2. The summed E-state index contributed by atoms with van der Waals surface area (Å²) < 4.78 is 34.5. The first-order valence-corrected chi connectivity index (χ1v) is 7.27. The van der Waals surface area contributed by atoms with Gasteiger partial charge >= 0.3 is 6.61 Å². The number of hydrogen-bond donors (Lipinski definition) is 1. The van der Waals surface area contributed by atoms with E-state index in [1.54, 1.807) is 25.3 Å². The van der Waals surface area contributed by atoms with Gasteiger partial charge in [0.05, 0.1) is 6.61 Å². The lowest BCUT2D eigenvalue weighted by Crippen LogP contribution is -2.04. The van der Waals surface area contributed by atoms with Crippen molar-refractivity contribution in [3.05, 3.63) is 29.3 Å². The zero-order valence-corrected chi connectivity index (χ0v) is 12.5. The maximum absolute atomic E-state index is 12.4. The van der Waals surface area contributed by atoms with Gasteiger partial charge in [0.25, 0.3) is 0 Å². The molecule has 7 heteroatoms. The van der Waals surface area contributed by atoms with Gasteiger partial charge in [-0.05, 0) is 32.2 Å². The van der Waals surface area contributed by atoms with Gasteiger partial charge in [0.15, 0.2) is 11.5 Å². The first kappa shape index (κ1) is 15.7. The van der Waals surface area contributed by atoms with E-state index in [0.717, 1.165) is 22.0 Å². The van der Waals surface area contributed by atoms with Crippen LogP contribution >= 0.6 is 11.3 Å². The zero-order chi connectivity index (χ0) is 15.2. The van der Waals surface area contributed by atoms with Crippen LogP contribution in [-0.4, -0.2) is 25.3 Å². The van der Waals surface area contributed by atoms with Crippen LogP contribution in [-0.2, 0) is 6.54 Å². The molecule has 0 aliphatic heterocycles. The summed E-state index contributed by atoms with van der Waals surface area (Å²) in [5.41, 5.74) is 0.812. The Bertz CT molecular complexity index is 590. The van der Waals surface area contributed by atoms with Crippen LogP contribution in [0.1, 0.15) is 11.8 Å². The number of nitrogens with one attached hydrogen (secondary N) is 1. The zero-order valence-electron chi connectivity index (χ0n) is 11.7. The summed E-state index contributed by atoms with van der Waals surface area (Å²) in [5.74, 6) is 0.322. The lowest BCUT2D eigenvalue weighted by molar-refractivity contribution is -0.0514. The van der Waals surface area contributed by atoms with E-state index in [-0.39, 0.29) is 5.75 Å². The number of alkyl halides is 2. The van der Waals surface area contributed by atoms with E-state index in [2.05, 4.69) is 15.0 Å². The maximum atomic E-state index is 12.4. The first-order chi connectivity index (χ1) is 10.1. The minimum Gasteiger partial charge on any atom is -0.490 e. The van der Waals surface area contributed by atoms with Crippen molar-refractivity contribution in [1.82, 2.24) is 10.3 Å². The highest BCUT2D eigenvalue weighted by molar-refractivity contribution is 7.15. The minimum absolute atomic E-state index is 0.0302. The Labute approximate surface area is 125 Å². The van der Waals surface area contributed by atoms with E-state index in [9.17, 15) is 8.78 Å². The monoisotopic (exact) mass is 314 g/mol. The third-order valence-corrected chi connectivity index (χ3v) is 3.66. The number of ether oxygens (including phenoxy) is 2. The predicted molar refractivity (Wildman–Crippen MR) is 78.1 cm³/mol. The number of halogens is 2.